The number of aryl methyl sites for hydroxylation is 1. The molecule has 0 aliphatic heterocycles. The number of nitrogens with one attached hydrogen (secondary N) is 2. The molecular formula is C17H28N2O. The quantitative estimate of drug-likeness (QED) is 0.858. The number of hydrogen-bond donors (Lipinski definition) is 2. The van der Waals surface area contributed by atoms with Crippen LogP contribution in [0.15, 0.2) is 18.2 Å². The highest BCUT2D eigenvalue weighted by molar-refractivity contribution is 5.99. The molecular weight excluding hydrogens is 248 g/mol. The Morgan fingerprint density at radius 2 is 1.95 bits per heavy atom. The van der Waals surface area contributed by atoms with E-state index in [0.29, 0.717) is 12.5 Å². The minimum absolute atomic E-state index is 0.00273. The topological polar surface area (TPSA) is 41.1 Å². The monoisotopic (exact) mass is 276 g/mol. The summed E-state index contributed by atoms with van der Waals surface area (Å²) in [4.78, 5) is 12.3. The van der Waals surface area contributed by atoms with Crippen molar-refractivity contribution < 1.29 is 4.79 Å². The zero-order valence-electron chi connectivity index (χ0n) is 13.6. The van der Waals surface area contributed by atoms with Gasteiger partial charge in [0, 0.05) is 18.8 Å². The lowest BCUT2D eigenvalue weighted by Gasteiger charge is -2.27. The van der Waals surface area contributed by atoms with Crippen molar-refractivity contribution in [2.45, 2.75) is 41.5 Å². The number of carbonyl (C=O) groups excluding carboxylic acids is 1. The first-order valence-corrected chi connectivity index (χ1v) is 7.38. The van der Waals surface area contributed by atoms with E-state index in [9.17, 15) is 4.79 Å². The van der Waals surface area contributed by atoms with Crippen LogP contribution in [0, 0.1) is 18.3 Å². The molecule has 1 amide bonds. The van der Waals surface area contributed by atoms with E-state index in [2.05, 4.69) is 38.3 Å². The fourth-order valence-corrected chi connectivity index (χ4v) is 1.84. The highest BCUT2D eigenvalue weighted by Crippen LogP contribution is 2.24. The Morgan fingerprint density at radius 3 is 2.50 bits per heavy atom. The number of carbonyl (C=O) groups is 1. The van der Waals surface area contributed by atoms with Gasteiger partial charge in [-0.2, -0.15) is 0 Å². The van der Waals surface area contributed by atoms with Crippen molar-refractivity contribution >= 4 is 11.6 Å². The van der Waals surface area contributed by atoms with E-state index in [0.717, 1.165) is 23.4 Å². The molecule has 20 heavy (non-hydrogen) atoms. The molecule has 0 bridgehead atoms. The predicted molar refractivity (Wildman–Crippen MR) is 86.3 cm³/mol. The first-order chi connectivity index (χ1) is 9.25. The van der Waals surface area contributed by atoms with Crippen molar-refractivity contribution in [2.24, 2.45) is 11.3 Å². The smallest absolute Gasteiger partial charge is 0.253 e. The molecule has 0 saturated heterocycles. The number of rotatable bonds is 5. The van der Waals surface area contributed by atoms with Gasteiger partial charge in [-0.15, -0.1) is 0 Å². The summed E-state index contributed by atoms with van der Waals surface area (Å²) in [7, 11) is 0. The van der Waals surface area contributed by atoms with Crippen LogP contribution in [0.2, 0.25) is 0 Å². The predicted octanol–water partition coefficient (Wildman–Crippen LogP) is 3.84. The number of anilines is 1. The zero-order chi connectivity index (χ0) is 15.3. The second kappa shape index (κ2) is 6.78. The maximum atomic E-state index is 12.3. The summed E-state index contributed by atoms with van der Waals surface area (Å²) in [6, 6.07) is 5.89. The molecule has 2 N–H and O–H groups in total. The summed E-state index contributed by atoms with van der Waals surface area (Å²) in [5.41, 5.74) is 2.98. The third-order valence-corrected chi connectivity index (χ3v) is 3.83. The SMILES string of the molecule is CCNc1cc(C)ccc1C(=O)NCC(C)C(C)(C)C. The van der Waals surface area contributed by atoms with Crippen LogP contribution in [0.5, 0.6) is 0 Å². The summed E-state index contributed by atoms with van der Waals surface area (Å²) in [6.45, 7) is 14.3. The summed E-state index contributed by atoms with van der Waals surface area (Å²) >= 11 is 0. The summed E-state index contributed by atoms with van der Waals surface area (Å²) in [5, 5.41) is 6.30. The molecule has 0 aliphatic carbocycles. The Balaban J connectivity index is 2.77. The van der Waals surface area contributed by atoms with Crippen LogP contribution >= 0.6 is 0 Å². The molecule has 0 saturated carbocycles. The van der Waals surface area contributed by atoms with Crippen molar-refractivity contribution in [3.05, 3.63) is 29.3 Å². The molecule has 0 radical (unpaired) electrons. The van der Waals surface area contributed by atoms with Gasteiger partial charge in [0.25, 0.3) is 5.91 Å². The van der Waals surface area contributed by atoms with Crippen molar-refractivity contribution in [3.63, 3.8) is 0 Å². The maximum absolute atomic E-state index is 12.3. The van der Waals surface area contributed by atoms with E-state index in [-0.39, 0.29) is 11.3 Å². The fourth-order valence-electron chi connectivity index (χ4n) is 1.84. The van der Waals surface area contributed by atoms with Crippen LogP contribution in [0.1, 0.15) is 50.5 Å². The lowest BCUT2D eigenvalue weighted by molar-refractivity contribution is 0.0938. The average Bonchev–Trinajstić information content (AvgIpc) is 2.35. The molecule has 0 spiro atoms. The fraction of sp³-hybridized carbons (Fsp3) is 0.588. The van der Waals surface area contributed by atoms with Gasteiger partial charge in [0.05, 0.1) is 5.56 Å². The first kappa shape index (κ1) is 16.5. The minimum atomic E-state index is -0.00273. The van der Waals surface area contributed by atoms with Gasteiger partial charge in [0.2, 0.25) is 0 Å². The van der Waals surface area contributed by atoms with E-state index in [1.807, 2.05) is 32.0 Å². The van der Waals surface area contributed by atoms with Crippen LogP contribution in [-0.4, -0.2) is 19.0 Å². The largest absolute Gasteiger partial charge is 0.385 e. The summed E-state index contributed by atoms with van der Waals surface area (Å²) in [6.07, 6.45) is 0. The Kier molecular flexibility index (Phi) is 5.61. The highest BCUT2D eigenvalue weighted by atomic mass is 16.1. The molecule has 0 aromatic heterocycles. The van der Waals surface area contributed by atoms with Crippen LogP contribution in [-0.2, 0) is 0 Å². The third kappa shape index (κ3) is 4.55. The first-order valence-electron chi connectivity index (χ1n) is 7.38. The molecule has 112 valence electrons. The molecule has 1 aromatic carbocycles. The van der Waals surface area contributed by atoms with Crippen LogP contribution in [0.25, 0.3) is 0 Å². The van der Waals surface area contributed by atoms with Crippen LogP contribution < -0.4 is 10.6 Å². The van der Waals surface area contributed by atoms with Gasteiger partial charge < -0.3 is 10.6 Å². The lowest BCUT2D eigenvalue weighted by atomic mass is 9.82. The Labute approximate surface area is 123 Å². The van der Waals surface area contributed by atoms with Gasteiger partial charge >= 0.3 is 0 Å². The van der Waals surface area contributed by atoms with E-state index in [1.54, 1.807) is 0 Å². The normalized spacial score (nSPS) is 12.9. The van der Waals surface area contributed by atoms with E-state index >= 15 is 0 Å². The molecule has 1 aromatic rings. The maximum Gasteiger partial charge on any atom is 0.253 e. The lowest BCUT2D eigenvalue weighted by Crippen LogP contribution is -2.34. The third-order valence-electron chi connectivity index (χ3n) is 3.83. The molecule has 3 heteroatoms. The molecule has 1 unspecified atom stereocenters. The Hall–Kier alpha value is -1.51. The average molecular weight is 276 g/mol. The number of benzene rings is 1. The van der Waals surface area contributed by atoms with Crippen molar-refractivity contribution in [3.8, 4) is 0 Å². The molecule has 0 aliphatic rings. The van der Waals surface area contributed by atoms with Gasteiger partial charge in [0.15, 0.2) is 0 Å². The van der Waals surface area contributed by atoms with Crippen molar-refractivity contribution in [1.29, 1.82) is 0 Å². The zero-order valence-corrected chi connectivity index (χ0v) is 13.6. The van der Waals surface area contributed by atoms with Gasteiger partial charge in [-0.1, -0.05) is 33.8 Å². The number of amides is 1. The summed E-state index contributed by atoms with van der Waals surface area (Å²) in [5.74, 6) is 0.427. The molecule has 3 nitrogen and oxygen atoms in total. The molecule has 1 atom stereocenters. The van der Waals surface area contributed by atoms with E-state index in [4.69, 9.17) is 0 Å². The Morgan fingerprint density at radius 1 is 1.30 bits per heavy atom. The molecule has 0 fully saturated rings. The van der Waals surface area contributed by atoms with E-state index in [1.165, 1.54) is 0 Å². The minimum Gasteiger partial charge on any atom is -0.385 e. The number of hydrogen-bond acceptors (Lipinski definition) is 2. The van der Waals surface area contributed by atoms with Gasteiger partial charge in [-0.25, -0.2) is 0 Å². The Bertz CT molecular complexity index is 461. The van der Waals surface area contributed by atoms with Gasteiger partial charge in [-0.05, 0) is 42.9 Å². The van der Waals surface area contributed by atoms with Crippen molar-refractivity contribution in [2.75, 3.05) is 18.4 Å². The second-order valence-corrected chi connectivity index (χ2v) is 6.56. The molecule has 0 heterocycles. The molecule has 1 rings (SSSR count). The van der Waals surface area contributed by atoms with Gasteiger partial charge in [-0.3, -0.25) is 4.79 Å². The summed E-state index contributed by atoms with van der Waals surface area (Å²) < 4.78 is 0. The van der Waals surface area contributed by atoms with E-state index < -0.39 is 0 Å². The standard InChI is InChI=1S/C17H28N2O/c1-7-18-15-10-12(2)8-9-14(15)16(20)19-11-13(3)17(4,5)6/h8-10,13,18H,7,11H2,1-6H3,(H,19,20). The highest BCUT2D eigenvalue weighted by Gasteiger charge is 2.21. The van der Waals surface area contributed by atoms with Crippen LogP contribution in [0.3, 0.4) is 0 Å². The second-order valence-electron chi connectivity index (χ2n) is 6.56. The van der Waals surface area contributed by atoms with Gasteiger partial charge in [0.1, 0.15) is 0 Å². The van der Waals surface area contributed by atoms with Crippen LogP contribution in [0.4, 0.5) is 5.69 Å². The van der Waals surface area contributed by atoms with Crippen molar-refractivity contribution in [1.82, 2.24) is 5.32 Å².